The third-order valence-corrected chi connectivity index (χ3v) is 4.86. The van der Waals surface area contributed by atoms with E-state index in [1.807, 2.05) is 11.4 Å². The molecule has 2 aromatic heterocycles. The highest BCUT2D eigenvalue weighted by molar-refractivity contribution is 9.10. The third kappa shape index (κ3) is 3.12. The van der Waals surface area contributed by atoms with Crippen molar-refractivity contribution in [2.45, 2.75) is 13.1 Å². The van der Waals surface area contributed by atoms with Crippen molar-refractivity contribution in [3.8, 4) is 0 Å². The Kier molecular flexibility index (Phi) is 4.27. The summed E-state index contributed by atoms with van der Waals surface area (Å²) in [6.07, 6.45) is 0. The van der Waals surface area contributed by atoms with Crippen LogP contribution in [0.4, 0.5) is 0 Å². The number of nitrogens with one attached hydrogen (secondary N) is 1. The molecule has 0 aliphatic carbocycles. The molecule has 0 aromatic carbocycles. The Morgan fingerprint density at radius 2 is 2.35 bits per heavy atom. The molecule has 0 fully saturated rings. The lowest BCUT2D eigenvalue weighted by Gasteiger charge is -2.01. The van der Waals surface area contributed by atoms with Crippen molar-refractivity contribution in [3.05, 3.63) is 36.9 Å². The van der Waals surface area contributed by atoms with E-state index < -0.39 is 0 Å². The Labute approximate surface area is 115 Å². The van der Waals surface area contributed by atoms with Crippen molar-refractivity contribution in [2.75, 3.05) is 0 Å². The van der Waals surface area contributed by atoms with Crippen LogP contribution >= 0.6 is 38.6 Å². The molecule has 0 aliphatic heterocycles. The molecule has 0 bridgehead atoms. The highest BCUT2D eigenvalue weighted by atomic mass is 79.9. The lowest BCUT2D eigenvalue weighted by atomic mass is 10.4. The number of hydrogen-bond acceptors (Lipinski definition) is 5. The summed E-state index contributed by atoms with van der Waals surface area (Å²) in [5.74, 6) is -0.166. The highest BCUT2D eigenvalue weighted by Crippen LogP contribution is 2.22. The minimum atomic E-state index is -0.166. The summed E-state index contributed by atoms with van der Waals surface area (Å²) in [6.45, 7) is 0.876. The van der Waals surface area contributed by atoms with Crippen molar-refractivity contribution < 1.29 is 4.79 Å². The fourth-order valence-electron chi connectivity index (χ4n) is 1.21. The van der Waals surface area contributed by atoms with Crippen molar-refractivity contribution in [1.29, 1.82) is 0 Å². The van der Waals surface area contributed by atoms with Crippen LogP contribution in [0.2, 0.25) is 0 Å². The molecule has 7 heteroatoms. The number of hydrogen-bond donors (Lipinski definition) is 2. The van der Waals surface area contributed by atoms with Gasteiger partial charge < -0.3 is 11.1 Å². The van der Waals surface area contributed by atoms with Gasteiger partial charge in [0.25, 0.3) is 5.91 Å². The number of nitrogens with two attached hydrogens (primary N) is 1. The molecule has 17 heavy (non-hydrogen) atoms. The molecule has 0 spiro atoms. The number of carbonyl (C=O) groups excluding carboxylic acids is 1. The quantitative estimate of drug-likeness (QED) is 0.903. The minimum Gasteiger partial charge on any atom is -0.346 e. The second kappa shape index (κ2) is 5.72. The maximum Gasteiger partial charge on any atom is 0.271 e. The van der Waals surface area contributed by atoms with E-state index >= 15 is 0 Å². The van der Waals surface area contributed by atoms with E-state index in [1.54, 1.807) is 16.7 Å². The molecule has 0 radical (unpaired) electrons. The average Bonchev–Trinajstić information content (AvgIpc) is 2.94. The lowest BCUT2D eigenvalue weighted by Crippen LogP contribution is -2.22. The van der Waals surface area contributed by atoms with Gasteiger partial charge in [0.15, 0.2) is 0 Å². The summed E-state index contributed by atoms with van der Waals surface area (Å²) in [7, 11) is 0. The average molecular weight is 332 g/mol. The number of aromatic nitrogens is 1. The van der Waals surface area contributed by atoms with Crippen LogP contribution in [-0.2, 0) is 13.1 Å². The van der Waals surface area contributed by atoms with E-state index in [-0.39, 0.29) is 5.91 Å². The van der Waals surface area contributed by atoms with Crippen molar-refractivity contribution in [1.82, 2.24) is 10.3 Å². The molecular formula is C10H10BrN3OS2. The van der Waals surface area contributed by atoms with E-state index in [9.17, 15) is 4.79 Å². The SMILES string of the molecule is NCc1nc(C(=O)NCc2sccc2Br)cs1. The Morgan fingerprint density at radius 1 is 1.53 bits per heavy atom. The molecule has 0 saturated heterocycles. The number of nitrogens with zero attached hydrogens (tertiary/aromatic N) is 1. The molecule has 1 amide bonds. The summed E-state index contributed by atoms with van der Waals surface area (Å²) >= 11 is 6.41. The van der Waals surface area contributed by atoms with Gasteiger partial charge in [-0.25, -0.2) is 4.98 Å². The molecule has 3 N–H and O–H groups in total. The molecule has 0 atom stereocenters. The summed E-state index contributed by atoms with van der Waals surface area (Å²) in [5.41, 5.74) is 5.88. The Hall–Kier alpha value is -0.760. The van der Waals surface area contributed by atoms with E-state index in [4.69, 9.17) is 5.73 Å². The molecule has 2 rings (SSSR count). The third-order valence-electron chi connectivity index (χ3n) is 2.06. The summed E-state index contributed by atoms with van der Waals surface area (Å²) < 4.78 is 1.02. The Morgan fingerprint density at radius 3 is 2.94 bits per heavy atom. The van der Waals surface area contributed by atoms with Gasteiger partial charge in [-0.05, 0) is 27.4 Å². The molecule has 2 heterocycles. The Bertz CT molecular complexity index is 523. The molecule has 90 valence electrons. The minimum absolute atomic E-state index is 0.166. The topological polar surface area (TPSA) is 68.0 Å². The smallest absolute Gasteiger partial charge is 0.271 e. The van der Waals surface area contributed by atoms with Crippen LogP contribution in [0.5, 0.6) is 0 Å². The maximum absolute atomic E-state index is 11.8. The van der Waals surface area contributed by atoms with Gasteiger partial charge in [-0.15, -0.1) is 22.7 Å². The van der Waals surface area contributed by atoms with Gasteiger partial charge in [0.05, 0.1) is 6.54 Å². The van der Waals surface area contributed by atoms with Crippen molar-refractivity contribution >= 4 is 44.5 Å². The molecule has 4 nitrogen and oxygen atoms in total. The van der Waals surface area contributed by atoms with Crippen LogP contribution in [0.1, 0.15) is 20.4 Å². The monoisotopic (exact) mass is 331 g/mol. The van der Waals surface area contributed by atoms with Crippen molar-refractivity contribution in [2.24, 2.45) is 5.73 Å². The first-order chi connectivity index (χ1) is 8.20. The first-order valence-corrected chi connectivity index (χ1v) is 7.40. The number of thiophene rings is 1. The predicted octanol–water partition coefficient (Wildman–Crippen LogP) is 2.36. The van der Waals surface area contributed by atoms with Gasteiger partial charge in [0.2, 0.25) is 0 Å². The maximum atomic E-state index is 11.8. The summed E-state index contributed by atoms with van der Waals surface area (Å²) in [6, 6.07) is 1.96. The predicted molar refractivity (Wildman–Crippen MR) is 73.2 cm³/mol. The number of amides is 1. The van der Waals surface area contributed by atoms with Gasteiger partial charge in [0, 0.05) is 21.3 Å². The summed E-state index contributed by atoms with van der Waals surface area (Å²) in [4.78, 5) is 17.0. The second-order valence-corrected chi connectivity index (χ2v) is 6.00. The zero-order chi connectivity index (χ0) is 12.3. The van der Waals surface area contributed by atoms with Gasteiger partial charge in [0.1, 0.15) is 10.7 Å². The van der Waals surface area contributed by atoms with E-state index in [2.05, 4.69) is 26.2 Å². The van der Waals surface area contributed by atoms with Gasteiger partial charge in [-0.1, -0.05) is 0 Å². The number of halogens is 1. The highest BCUT2D eigenvalue weighted by Gasteiger charge is 2.10. The van der Waals surface area contributed by atoms with Gasteiger partial charge in [-0.3, -0.25) is 4.79 Å². The van der Waals surface area contributed by atoms with Crippen LogP contribution < -0.4 is 11.1 Å². The molecule has 0 aliphatic rings. The van der Waals surface area contributed by atoms with Crippen molar-refractivity contribution in [3.63, 3.8) is 0 Å². The molecule has 0 unspecified atom stereocenters. The number of thiazole rings is 1. The van der Waals surface area contributed by atoms with E-state index in [1.165, 1.54) is 11.3 Å². The van der Waals surface area contributed by atoms with Crippen LogP contribution in [-0.4, -0.2) is 10.9 Å². The van der Waals surface area contributed by atoms with E-state index in [0.717, 1.165) is 14.4 Å². The van der Waals surface area contributed by atoms with Gasteiger partial charge >= 0.3 is 0 Å². The number of carbonyl (C=O) groups is 1. The first-order valence-electron chi connectivity index (χ1n) is 4.85. The normalized spacial score (nSPS) is 10.5. The number of rotatable bonds is 4. The van der Waals surface area contributed by atoms with E-state index in [0.29, 0.717) is 18.8 Å². The van der Waals surface area contributed by atoms with Crippen LogP contribution in [0.25, 0.3) is 0 Å². The van der Waals surface area contributed by atoms with Crippen LogP contribution in [0, 0.1) is 0 Å². The van der Waals surface area contributed by atoms with Crippen LogP contribution in [0.15, 0.2) is 21.3 Å². The van der Waals surface area contributed by atoms with Gasteiger partial charge in [-0.2, -0.15) is 0 Å². The van der Waals surface area contributed by atoms with Crippen LogP contribution in [0.3, 0.4) is 0 Å². The zero-order valence-electron chi connectivity index (χ0n) is 8.77. The lowest BCUT2D eigenvalue weighted by molar-refractivity contribution is 0.0947. The molecule has 0 saturated carbocycles. The summed E-state index contributed by atoms with van der Waals surface area (Å²) in [5, 5.41) is 7.29. The first kappa shape index (κ1) is 12.7. The standard InChI is InChI=1S/C10H10BrN3OS2/c11-6-1-2-16-8(6)4-13-10(15)7-5-17-9(3-12)14-7/h1-2,5H,3-4,12H2,(H,13,15). The molecule has 2 aromatic rings. The molecular weight excluding hydrogens is 322 g/mol. The fourth-order valence-corrected chi connectivity index (χ4v) is 3.30. The Balaban J connectivity index is 1.95. The zero-order valence-corrected chi connectivity index (χ0v) is 12.0. The largest absolute Gasteiger partial charge is 0.346 e. The second-order valence-electron chi connectivity index (χ2n) is 3.21. The fraction of sp³-hybridized carbons (Fsp3) is 0.200.